The second kappa shape index (κ2) is 15.9. The summed E-state index contributed by atoms with van der Waals surface area (Å²) in [5, 5.41) is 5.21. The van der Waals surface area contributed by atoms with Gasteiger partial charge in [-0.1, -0.05) is 191 Å². The fourth-order valence-corrected chi connectivity index (χ4v) is 12.8. The van der Waals surface area contributed by atoms with Crippen molar-refractivity contribution in [2.45, 2.75) is 5.41 Å². The van der Waals surface area contributed by atoms with Gasteiger partial charge in [0.15, 0.2) is 0 Å². The molecular formula is C61H47B7N2. The third-order valence-electron chi connectivity index (χ3n) is 16.5. The normalized spacial score (nSPS) is 12.8. The van der Waals surface area contributed by atoms with Gasteiger partial charge in [0.05, 0.1) is 16.4 Å². The van der Waals surface area contributed by atoms with Crippen LogP contribution in [0.15, 0.2) is 200 Å². The zero-order valence-corrected chi connectivity index (χ0v) is 40.9. The lowest BCUT2D eigenvalue weighted by Gasteiger charge is -2.34. The van der Waals surface area contributed by atoms with Crippen molar-refractivity contribution in [3.8, 4) is 44.8 Å². The van der Waals surface area contributed by atoms with Crippen molar-refractivity contribution in [1.82, 2.24) is 9.13 Å². The first kappa shape index (κ1) is 42.4. The van der Waals surface area contributed by atoms with Crippen molar-refractivity contribution >= 4 is 137 Å². The van der Waals surface area contributed by atoms with Gasteiger partial charge < -0.3 is 9.13 Å². The number of aromatic nitrogens is 2. The summed E-state index contributed by atoms with van der Waals surface area (Å²) < 4.78 is 5.09. The molecular weight excluding hydrogens is 836 g/mol. The summed E-state index contributed by atoms with van der Waals surface area (Å²) in [6.07, 6.45) is 0. The van der Waals surface area contributed by atoms with Crippen LogP contribution < -0.4 is 38.2 Å². The van der Waals surface area contributed by atoms with E-state index < -0.39 is 5.41 Å². The number of para-hydroxylation sites is 1. The molecule has 0 unspecified atom stereocenters. The summed E-state index contributed by atoms with van der Waals surface area (Å²) >= 11 is 0. The van der Waals surface area contributed by atoms with Gasteiger partial charge in [-0.3, -0.25) is 0 Å². The standard InChI is InChI=1S/C61H47B7N2/c62-52-49(36-26-30-47-44(31-36)43-28-25-35(34-15-5-1-6-16-34)32-48(43)69(47)39-21-11-4-12-22-39)53(63)57(67)59-50(52)51-54(64)55(65)56(66)58(68)60(51)70(59)40-27-29-42-41-23-13-14-24-45(41)61(46(42)33-40,37-17-7-2-8-18-37)38-19-9-3-10-20-38/h1-33H,62-68H2. The number of hydrogen-bond donors (Lipinski definition) is 0. The highest BCUT2D eigenvalue weighted by atomic mass is 15.0. The fourth-order valence-electron chi connectivity index (χ4n) is 12.8. The second-order valence-electron chi connectivity index (χ2n) is 19.8. The molecule has 0 atom stereocenters. The molecule has 13 rings (SSSR count). The number of nitrogens with zero attached hydrogens (tertiary/aromatic N) is 2. The van der Waals surface area contributed by atoms with Gasteiger partial charge in [0.1, 0.15) is 54.9 Å². The van der Waals surface area contributed by atoms with Crippen molar-refractivity contribution in [1.29, 1.82) is 0 Å². The van der Waals surface area contributed by atoms with Crippen LogP contribution in [0.2, 0.25) is 0 Å². The van der Waals surface area contributed by atoms with Gasteiger partial charge in [-0.2, -0.15) is 0 Å². The van der Waals surface area contributed by atoms with Gasteiger partial charge in [-0.15, -0.1) is 5.46 Å². The van der Waals surface area contributed by atoms with E-state index >= 15 is 0 Å². The Labute approximate surface area is 416 Å². The lowest BCUT2D eigenvalue weighted by atomic mass is 9.64. The summed E-state index contributed by atoms with van der Waals surface area (Å²) in [6.45, 7) is 0. The summed E-state index contributed by atoms with van der Waals surface area (Å²) in [5.74, 6) is 0. The van der Waals surface area contributed by atoms with Crippen LogP contribution in [0.5, 0.6) is 0 Å². The van der Waals surface area contributed by atoms with E-state index in [1.54, 1.807) is 0 Å². The van der Waals surface area contributed by atoms with Crippen LogP contribution in [0.4, 0.5) is 0 Å². The number of benzene rings is 10. The molecule has 0 aliphatic heterocycles. The first-order chi connectivity index (χ1) is 34.2. The minimum Gasteiger partial charge on any atom is -0.310 e. The molecule has 1 aliphatic rings. The van der Waals surface area contributed by atoms with Crippen LogP contribution in [-0.4, -0.2) is 64.1 Å². The monoisotopic (exact) mass is 884 g/mol. The summed E-state index contributed by atoms with van der Waals surface area (Å²) in [7, 11) is 16.4. The molecule has 0 N–H and O–H groups in total. The Balaban J connectivity index is 1.09. The van der Waals surface area contributed by atoms with Crippen LogP contribution in [0, 0.1) is 0 Å². The largest absolute Gasteiger partial charge is 0.310 e. The first-order valence-electron chi connectivity index (χ1n) is 24.8. The average molecular weight is 884 g/mol. The molecule has 2 heterocycles. The third kappa shape index (κ3) is 5.84. The van der Waals surface area contributed by atoms with Gasteiger partial charge >= 0.3 is 0 Å². The van der Waals surface area contributed by atoms with E-state index in [2.05, 4.69) is 264 Å². The molecule has 0 spiro atoms. The van der Waals surface area contributed by atoms with Crippen LogP contribution in [0.1, 0.15) is 22.3 Å². The van der Waals surface area contributed by atoms with E-state index in [9.17, 15) is 0 Å². The Morgan fingerprint density at radius 1 is 0.314 bits per heavy atom. The number of fused-ring (bicyclic) bond motifs is 9. The fraction of sp³-hybridized carbons (Fsp3) is 0.0164. The molecule has 0 saturated carbocycles. The minimum absolute atomic E-state index is 0.500. The molecule has 10 aromatic carbocycles. The summed E-state index contributed by atoms with van der Waals surface area (Å²) in [5.41, 5.74) is 29.0. The lowest BCUT2D eigenvalue weighted by Crippen LogP contribution is -2.48. The van der Waals surface area contributed by atoms with Gasteiger partial charge in [0, 0.05) is 38.6 Å². The van der Waals surface area contributed by atoms with Crippen molar-refractivity contribution in [2.75, 3.05) is 0 Å². The summed E-state index contributed by atoms with van der Waals surface area (Å²) in [6, 6.07) is 74.5. The molecule has 0 fully saturated rings. The first-order valence-corrected chi connectivity index (χ1v) is 24.8. The Morgan fingerprint density at radius 3 is 1.56 bits per heavy atom. The molecule has 9 heteroatoms. The maximum absolute atomic E-state index is 2.64. The highest BCUT2D eigenvalue weighted by Crippen LogP contribution is 2.56. The number of rotatable bonds is 6. The van der Waals surface area contributed by atoms with E-state index in [-0.39, 0.29) is 0 Å². The predicted octanol–water partition coefficient (Wildman–Crippen LogP) is 3.39. The Kier molecular flexibility index (Phi) is 9.62. The topological polar surface area (TPSA) is 9.86 Å². The molecule has 1 aliphatic carbocycles. The SMILES string of the molecule is Bc1c(B)c(B)c2c(c1B)c1c(B)c(-c3ccc4c(c3)c3ccc(-c5ccccc5)cc3n4-c3ccccc3)c(B)c(B)c1n2-c1ccc2c(c1)C(c1ccccc1)(c1ccccc1)c1ccccc1-2. The van der Waals surface area contributed by atoms with Gasteiger partial charge in [-0.05, 0) is 103 Å². The maximum Gasteiger partial charge on any atom is 0.141 e. The van der Waals surface area contributed by atoms with Gasteiger partial charge in [0.2, 0.25) is 0 Å². The molecule has 0 bridgehead atoms. The third-order valence-corrected chi connectivity index (χ3v) is 16.5. The van der Waals surface area contributed by atoms with Crippen molar-refractivity contribution in [2.24, 2.45) is 0 Å². The van der Waals surface area contributed by atoms with E-state index in [0.717, 1.165) is 5.69 Å². The molecule has 12 aromatic rings. The van der Waals surface area contributed by atoms with Crippen LogP contribution in [0.25, 0.3) is 88.4 Å². The van der Waals surface area contributed by atoms with Crippen molar-refractivity contribution < 1.29 is 0 Å². The molecule has 70 heavy (non-hydrogen) atoms. The van der Waals surface area contributed by atoms with Crippen LogP contribution in [-0.2, 0) is 5.41 Å². The van der Waals surface area contributed by atoms with E-state index in [1.807, 2.05) is 0 Å². The molecule has 0 saturated heterocycles. The minimum atomic E-state index is -0.500. The van der Waals surface area contributed by atoms with Gasteiger partial charge in [-0.25, -0.2) is 0 Å². The van der Waals surface area contributed by atoms with Crippen molar-refractivity contribution in [3.05, 3.63) is 222 Å². The van der Waals surface area contributed by atoms with E-state index in [0.29, 0.717) is 0 Å². The Bertz CT molecular complexity index is 4090. The number of hydrogen-bond acceptors (Lipinski definition) is 0. The quantitative estimate of drug-likeness (QED) is 0.227. The zero-order chi connectivity index (χ0) is 47.6. The highest BCUT2D eigenvalue weighted by Gasteiger charge is 2.46. The average Bonchev–Trinajstić information content (AvgIpc) is 4.05. The smallest absolute Gasteiger partial charge is 0.141 e. The molecule has 0 amide bonds. The van der Waals surface area contributed by atoms with Gasteiger partial charge in [0.25, 0.3) is 0 Å². The molecule has 0 radical (unpaired) electrons. The maximum atomic E-state index is 2.64. The molecule has 2 nitrogen and oxygen atoms in total. The Morgan fingerprint density at radius 2 is 0.871 bits per heavy atom. The van der Waals surface area contributed by atoms with Crippen LogP contribution in [0.3, 0.4) is 0 Å². The Hall–Kier alpha value is -7.75. The van der Waals surface area contributed by atoms with Crippen molar-refractivity contribution in [3.63, 3.8) is 0 Å². The van der Waals surface area contributed by atoms with Crippen LogP contribution >= 0.6 is 0 Å². The van der Waals surface area contributed by atoms with E-state index in [4.69, 9.17) is 0 Å². The lowest BCUT2D eigenvalue weighted by molar-refractivity contribution is 0.767. The van der Waals surface area contributed by atoms with E-state index in [1.165, 1.54) is 143 Å². The predicted molar refractivity (Wildman–Crippen MR) is 321 cm³/mol. The molecule has 2 aromatic heterocycles. The summed E-state index contributed by atoms with van der Waals surface area (Å²) in [4.78, 5) is 0. The molecule has 322 valence electrons. The zero-order valence-electron chi connectivity index (χ0n) is 40.9. The second-order valence-corrected chi connectivity index (χ2v) is 19.8. The highest BCUT2D eigenvalue weighted by molar-refractivity contribution is 6.69.